The molecule has 1 amide bonds. The number of carbonyl (C=O) groups is 1. The Labute approximate surface area is 120 Å². The lowest BCUT2D eigenvalue weighted by Gasteiger charge is -2.31. The van der Waals surface area contributed by atoms with Gasteiger partial charge in [-0.3, -0.25) is 4.79 Å². The molecule has 1 fully saturated rings. The molecule has 0 aromatic heterocycles. The van der Waals surface area contributed by atoms with Gasteiger partial charge in [0.05, 0.1) is 6.54 Å². The third kappa shape index (κ3) is 2.75. The maximum absolute atomic E-state index is 12.8. The highest BCUT2D eigenvalue weighted by Crippen LogP contribution is 2.38. The minimum atomic E-state index is -4.76. The molecule has 2 unspecified atom stereocenters. The number of aliphatic hydroxyl groups is 1. The molecule has 0 bridgehead atoms. The molecular weight excluding hydrogens is 285 g/mol. The summed E-state index contributed by atoms with van der Waals surface area (Å²) in [7, 11) is 0. The lowest BCUT2D eigenvalue weighted by atomic mass is 9.91. The molecule has 2 atom stereocenters. The minimum absolute atomic E-state index is 0.172. The zero-order chi connectivity index (χ0) is 15.9. The number of carbonyl (C=O) groups excluding carboxylic acids is 1. The molecule has 1 aromatic carbocycles. The minimum Gasteiger partial charge on any atom is -0.379 e. The Hall–Kier alpha value is -1.60. The Morgan fingerprint density at radius 2 is 1.90 bits per heavy atom. The van der Waals surface area contributed by atoms with Crippen molar-refractivity contribution in [3.63, 3.8) is 0 Å². The van der Waals surface area contributed by atoms with Crippen LogP contribution in [-0.2, 0) is 10.3 Å². The van der Waals surface area contributed by atoms with Crippen LogP contribution in [0.2, 0.25) is 0 Å². The predicted molar refractivity (Wildman–Crippen MR) is 70.2 cm³/mol. The standard InChI is InChI=1S/C14H17F3N2O2/c1-12(18,10-5-3-2-4-6-10)11(20)19-8-7-13(21,9-19)14(15,16)17/h2-6,21H,7-9,18H2,1H3. The fourth-order valence-corrected chi connectivity index (χ4v) is 2.43. The highest BCUT2D eigenvalue weighted by molar-refractivity contribution is 5.87. The molecule has 1 aliphatic rings. The van der Waals surface area contributed by atoms with Gasteiger partial charge in [-0.1, -0.05) is 30.3 Å². The van der Waals surface area contributed by atoms with Crippen LogP contribution in [0.25, 0.3) is 0 Å². The molecule has 116 valence electrons. The number of rotatable bonds is 2. The molecule has 1 heterocycles. The second-order valence-corrected chi connectivity index (χ2v) is 5.57. The first-order valence-corrected chi connectivity index (χ1v) is 6.51. The van der Waals surface area contributed by atoms with Crippen LogP contribution in [0.4, 0.5) is 13.2 Å². The Balaban J connectivity index is 2.19. The predicted octanol–water partition coefficient (Wildman–Crippen LogP) is 1.39. The molecule has 7 heteroatoms. The van der Waals surface area contributed by atoms with Gasteiger partial charge in [0.1, 0.15) is 5.54 Å². The zero-order valence-electron chi connectivity index (χ0n) is 11.5. The van der Waals surface area contributed by atoms with Gasteiger partial charge in [0, 0.05) is 13.0 Å². The van der Waals surface area contributed by atoms with Crippen molar-refractivity contribution in [3.8, 4) is 0 Å². The average molecular weight is 302 g/mol. The lowest BCUT2D eigenvalue weighted by Crippen LogP contribution is -2.53. The van der Waals surface area contributed by atoms with Crippen molar-refractivity contribution in [3.05, 3.63) is 35.9 Å². The van der Waals surface area contributed by atoms with Crippen LogP contribution < -0.4 is 5.73 Å². The Morgan fingerprint density at radius 3 is 2.38 bits per heavy atom. The van der Waals surface area contributed by atoms with Gasteiger partial charge in [0.15, 0.2) is 5.60 Å². The number of benzene rings is 1. The van der Waals surface area contributed by atoms with Crippen LogP contribution >= 0.6 is 0 Å². The number of nitrogens with two attached hydrogens (primary N) is 1. The van der Waals surface area contributed by atoms with Crippen molar-refractivity contribution in [2.24, 2.45) is 5.73 Å². The van der Waals surface area contributed by atoms with Gasteiger partial charge in [-0.15, -0.1) is 0 Å². The SMILES string of the molecule is CC(N)(C(=O)N1CCC(O)(C(F)(F)F)C1)c1ccccc1. The zero-order valence-corrected chi connectivity index (χ0v) is 11.5. The van der Waals surface area contributed by atoms with Gasteiger partial charge in [-0.05, 0) is 12.5 Å². The van der Waals surface area contributed by atoms with Gasteiger partial charge >= 0.3 is 6.18 Å². The molecule has 2 rings (SSSR count). The second-order valence-electron chi connectivity index (χ2n) is 5.57. The second kappa shape index (κ2) is 4.99. The fourth-order valence-electron chi connectivity index (χ4n) is 2.43. The van der Waals surface area contributed by atoms with Crippen molar-refractivity contribution in [2.75, 3.05) is 13.1 Å². The monoisotopic (exact) mass is 302 g/mol. The van der Waals surface area contributed by atoms with Gasteiger partial charge in [0.2, 0.25) is 5.91 Å². The van der Waals surface area contributed by atoms with Crippen LogP contribution in [0.15, 0.2) is 30.3 Å². The van der Waals surface area contributed by atoms with E-state index in [1.807, 2.05) is 0 Å². The van der Waals surface area contributed by atoms with Gasteiger partial charge in [-0.2, -0.15) is 13.2 Å². The smallest absolute Gasteiger partial charge is 0.379 e. The van der Waals surface area contributed by atoms with E-state index < -0.39 is 36.2 Å². The molecule has 1 aliphatic heterocycles. The van der Waals surface area contributed by atoms with Crippen molar-refractivity contribution >= 4 is 5.91 Å². The lowest BCUT2D eigenvalue weighted by molar-refractivity contribution is -0.253. The van der Waals surface area contributed by atoms with E-state index in [1.54, 1.807) is 30.3 Å². The Kier molecular flexibility index (Phi) is 3.75. The maximum Gasteiger partial charge on any atom is 0.419 e. The summed E-state index contributed by atoms with van der Waals surface area (Å²) in [4.78, 5) is 13.4. The van der Waals surface area contributed by atoms with E-state index in [-0.39, 0.29) is 6.54 Å². The van der Waals surface area contributed by atoms with E-state index in [9.17, 15) is 23.1 Å². The van der Waals surface area contributed by atoms with Gasteiger partial charge in [-0.25, -0.2) is 0 Å². The summed E-state index contributed by atoms with van der Waals surface area (Å²) in [5.41, 5.74) is 2.23. The van der Waals surface area contributed by atoms with Crippen LogP contribution in [0.1, 0.15) is 18.9 Å². The maximum atomic E-state index is 12.8. The molecule has 0 aliphatic carbocycles. The summed E-state index contributed by atoms with van der Waals surface area (Å²) >= 11 is 0. The normalized spacial score (nSPS) is 25.7. The molecule has 1 saturated heterocycles. The van der Waals surface area contributed by atoms with Crippen molar-refractivity contribution in [1.82, 2.24) is 4.90 Å². The number of hydrogen-bond donors (Lipinski definition) is 2. The number of hydrogen-bond acceptors (Lipinski definition) is 3. The third-order valence-electron chi connectivity index (χ3n) is 3.88. The van der Waals surface area contributed by atoms with E-state index >= 15 is 0 Å². The average Bonchev–Trinajstić information content (AvgIpc) is 2.82. The van der Waals surface area contributed by atoms with E-state index in [4.69, 9.17) is 5.73 Å². The van der Waals surface area contributed by atoms with Crippen molar-refractivity contribution < 1.29 is 23.1 Å². The van der Waals surface area contributed by atoms with Crippen molar-refractivity contribution in [2.45, 2.75) is 30.7 Å². The van der Waals surface area contributed by atoms with Crippen molar-refractivity contribution in [1.29, 1.82) is 0 Å². The molecule has 0 spiro atoms. The van der Waals surface area contributed by atoms with E-state index in [1.165, 1.54) is 6.92 Å². The summed E-state index contributed by atoms with van der Waals surface area (Å²) in [5.74, 6) is -0.631. The summed E-state index contributed by atoms with van der Waals surface area (Å²) in [6.45, 7) is 0.499. The van der Waals surface area contributed by atoms with Gasteiger partial charge < -0.3 is 15.7 Å². The Bertz CT molecular complexity index is 531. The first-order chi connectivity index (χ1) is 9.58. The first-order valence-electron chi connectivity index (χ1n) is 6.51. The van der Waals surface area contributed by atoms with Gasteiger partial charge in [0.25, 0.3) is 0 Å². The summed E-state index contributed by atoms with van der Waals surface area (Å²) in [6, 6.07) is 8.43. The molecular formula is C14H17F3N2O2. The fraction of sp³-hybridized carbons (Fsp3) is 0.500. The molecule has 1 aromatic rings. The number of halogens is 3. The molecule has 4 nitrogen and oxygen atoms in total. The summed E-state index contributed by atoms with van der Waals surface area (Å²) in [6.07, 6.45) is -5.30. The van der Waals surface area contributed by atoms with E-state index in [0.717, 1.165) is 4.90 Å². The third-order valence-corrected chi connectivity index (χ3v) is 3.88. The molecule has 0 radical (unpaired) electrons. The highest BCUT2D eigenvalue weighted by Gasteiger charge is 2.58. The molecule has 21 heavy (non-hydrogen) atoms. The Morgan fingerprint density at radius 1 is 1.33 bits per heavy atom. The first kappa shape index (κ1) is 15.8. The topological polar surface area (TPSA) is 66.6 Å². The quantitative estimate of drug-likeness (QED) is 0.867. The number of nitrogens with zero attached hydrogens (tertiary/aromatic N) is 1. The number of alkyl halides is 3. The molecule has 3 N–H and O–H groups in total. The highest BCUT2D eigenvalue weighted by atomic mass is 19.4. The number of likely N-dealkylation sites (tertiary alicyclic amines) is 1. The van der Waals surface area contributed by atoms with Crippen LogP contribution in [0.3, 0.4) is 0 Å². The molecule has 0 saturated carbocycles. The largest absolute Gasteiger partial charge is 0.419 e. The van der Waals surface area contributed by atoms with Crippen LogP contribution in [-0.4, -0.2) is 40.8 Å². The number of amides is 1. The summed E-state index contributed by atoms with van der Waals surface area (Å²) in [5, 5.41) is 9.62. The number of β-amino-alcohol motifs (C(OH)–C–C–N with tert-alkyl or cyclic N) is 1. The van der Waals surface area contributed by atoms with E-state index in [2.05, 4.69) is 0 Å². The van der Waals surface area contributed by atoms with E-state index in [0.29, 0.717) is 5.56 Å². The van der Waals surface area contributed by atoms with Crippen LogP contribution in [0.5, 0.6) is 0 Å². The summed E-state index contributed by atoms with van der Waals surface area (Å²) < 4.78 is 38.3. The van der Waals surface area contributed by atoms with Crippen LogP contribution in [0, 0.1) is 0 Å².